The normalized spacial score (nSPS) is 11.9. The number of carboxylic acids is 1. The van der Waals surface area contributed by atoms with Crippen molar-refractivity contribution in [3.63, 3.8) is 0 Å². The maximum atomic E-state index is 11.1. The zero-order valence-corrected chi connectivity index (χ0v) is 8.02. The molecule has 0 spiro atoms. The Morgan fingerprint density at radius 1 is 1.50 bits per heavy atom. The monoisotopic (exact) mass is 202 g/mol. The molecule has 0 bridgehead atoms. The summed E-state index contributed by atoms with van der Waals surface area (Å²) in [6, 6.07) is 0. The first-order chi connectivity index (χ1) is 6.51. The number of rotatable bonds is 6. The first kappa shape index (κ1) is 12.6. The van der Waals surface area contributed by atoms with E-state index >= 15 is 0 Å². The van der Waals surface area contributed by atoms with Gasteiger partial charge in [-0.05, 0) is 6.42 Å². The Morgan fingerprint density at radius 2 is 2.07 bits per heavy atom. The Morgan fingerprint density at radius 3 is 2.43 bits per heavy atom. The molecule has 5 nitrogen and oxygen atoms in total. The van der Waals surface area contributed by atoms with Gasteiger partial charge in [0.1, 0.15) is 6.10 Å². The standard InChI is InChI=1S/C9H14O5/c1-3-7(5-10)14-9(13)6(2)4-8(11)12/h7,10H,2-5H2,1H3,(H,11,12). The van der Waals surface area contributed by atoms with Crippen LogP contribution >= 0.6 is 0 Å². The summed E-state index contributed by atoms with van der Waals surface area (Å²) in [6.45, 7) is 4.75. The predicted octanol–water partition coefficient (Wildman–Crippen LogP) is 0.331. The van der Waals surface area contributed by atoms with Crippen LogP contribution < -0.4 is 0 Å². The highest BCUT2D eigenvalue weighted by molar-refractivity contribution is 5.92. The molecule has 0 heterocycles. The predicted molar refractivity (Wildman–Crippen MR) is 48.6 cm³/mol. The maximum Gasteiger partial charge on any atom is 0.334 e. The molecule has 1 atom stereocenters. The van der Waals surface area contributed by atoms with Crippen molar-refractivity contribution in [3.8, 4) is 0 Å². The summed E-state index contributed by atoms with van der Waals surface area (Å²) in [6.07, 6.45) is -0.559. The van der Waals surface area contributed by atoms with Crippen LogP contribution in [-0.2, 0) is 14.3 Å². The first-order valence-electron chi connectivity index (χ1n) is 4.22. The van der Waals surface area contributed by atoms with Crippen LogP contribution in [0.1, 0.15) is 19.8 Å². The van der Waals surface area contributed by atoms with E-state index in [9.17, 15) is 9.59 Å². The van der Waals surface area contributed by atoms with Gasteiger partial charge in [0.25, 0.3) is 0 Å². The lowest BCUT2D eigenvalue weighted by atomic mass is 10.2. The molecule has 0 aliphatic carbocycles. The third-order valence-electron chi connectivity index (χ3n) is 1.59. The molecule has 0 saturated heterocycles. The van der Waals surface area contributed by atoms with Gasteiger partial charge in [0, 0.05) is 5.57 Å². The lowest BCUT2D eigenvalue weighted by molar-refractivity contribution is -0.148. The summed E-state index contributed by atoms with van der Waals surface area (Å²) in [5.41, 5.74) is -0.121. The van der Waals surface area contributed by atoms with Crippen molar-refractivity contribution >= 4 is 11.9 Å². The highest BCUT2D eigenvalue weighted by Gasteiger charge is 2.16. The summed E-state index contributed by atoms with van der Waals surface area (Å²) < 4.78 is 4.76. The molecule has 0 aliphatic rings. The van der Waals surface area contributed by atoms with E-state index in [1.165, 1.54) is 0 Å². The second-order valence-electron chi connectivity index (χ2n) is 2.79. The van der Waals surface area contributed by atoms with Gasteiger partial charge in [-0.1, -0.05) is 13.5 Å². The van der Waals surface area contributed by atoms with Crippen molar-refractivity contribution in [3.05, 3.63) is 12.2 Å². The number of hydrogen-bond donors (Lipinski definition) is 2. The molecule has 0 aromatic carbocycles. The smallest absolute Gasteiger partial charge is 0.334 e. The zero-order valence-electron chi connectivity index (χ0n) is 8.02. The van der Waals surface area contributed by atoms with Gasteiger partial charge >= 0.3 is 11.9 Å². The van der Waals surface area contributed by atoms with Crippen LogP contribution in [0.25, 0.3) is 0 Å². The molecule has 2 N–H and O–H groups in total. The van der Waals surface area contributed by atoms with Crippen LogP contribution in [0.2, 0.25) is 0 Å². The van der Waals surface area contributed by atoms with E-state index in [2.05, 4.69) is 6.58 Å². The van der Waals surface area contributed by atoms with Crippen LogP contribution in [-0.4, -0.2) is 34.9 Å². The molecule has 0 radical (unpaired) electrons. The van der Waals surface area contributed by atoms with Crippen molar-refractivity contribution in [1.82, 2.24) is 0 Å². The second kappa shape index (κ2) is 6.15. The average molecular weight is 202 g/mol. The van der Waals surface area contributed by atoms with Gasteiger partial charge in [-0.3, -0.25) is 4.79 Å². The lowest BCUT2D eigenvalue weighted by Gasteiger charge is -2.13. The van der Waals surface area contributed by atoms with Crippen LogP contribution in [0.3, 0.4) is 0 Å². The second-order valence-corrected chi connectivity index (χ2v) is 2.79. The highest BCUT2D eigenvalue weighted by atomic mass is 16.6. The molecule has 1 unspecified atom stereocenters. The van der Waals surface area contributed by atoms with E-state index in [-0.39, 0.29) is 12.2 Å². The van der Waals surface area contributed by atoms with E-state index < -0.39 is 24.5 Å². The Labute approximate surface area is 82.0 Å². The SMILES string of the molecule is C=C(CC(=O)O)C(=O)OC(CC)CO. The molecule has 0 rings (SSSR count). The van der Waals surface area contributed by atoms with Crippen molar-refractivity contribution in [2.45, 2.75) is 25.9 Å². The van der Waals surface area contributed by atoms with E-state index in [1.807, 2.05) is 0 Å². The topological polar surface area (TPSA) is 83.8 Å². The summed E-state index contributed by atoms with van der Waals surface area (Å²) in [5, 5.41) is 17.1. The molecule has 80 valence electrons. The van der Waals surface area contributed by atoms with E-state index in [0.717, 1.165) is 0 Å². The van der Waals surface area contributed by atoms with Crippen molar-refractivity contribution in [1.29, 1.82) is 0 Å². The number of aliphatic hydroxyl groups excluding tert-OH is 1. The van der Waals surface area contributed by atoms with Gasteiger partial charge in [-0.2, -0.15) is 0 Å². The Balaban J connectivity index is 4.06. The van der Waals surface area contributed by atoms with E-state index in [4.69, 9.17) is 14.9 Å². The van der Waals surface area contributed by atoms with Gasteiger partial charge < -0.3 is 14.9 Å². The summed E-state index contributed by atoms with van der Waals surface area (Å²) >= 11 is 0. The fourth-order valence-corrected chi connectivity index (χ4v) is 0.739. The quantitative estimate of drug-likeness (QED) is 0.479. The van der Waals surface area contributed by atoms with Crippen LogP contribution in [0.15, 0.2) is 12.2 Å². The Kier molecular flexibility index (Phi) is 5.55. The molecule has 0 amide bonds. The Bertz CT molecular complexity index is 229. The van der Waals surface area contributed by atoms with E-state index in [1.54, 1.807) is 6.92 Å². The number of aliphatic carboxylic acids is 1. The fourth-order valence-electron chi connectivity index (χ4n) is 0.739. The average Bonchev–Trinajstić information content (AvgIpc) is 2.12. The number of ether oxygens (including phenoxy) is 1. The van der Waals surface area contributed by atoms with Crippen LogP contribution in [0, 0.1) is 0 Å². The van der Waals surface area contributed by atoms with E-state index in [0.29, 0.717) is 6.42 Å². The zero-order chi connectivity index (χ0) is 11.1. The minimum Gasteiger partial charge on any atom is -0.481 e. The summed E-state index contributed by atoms with van der Waals surface area (Å²) in [4.78, 5) is 21.3. The number of carboxylic acid groups (broad SMARTS) is 1. The van der Waals surface area contributed by atoms with Gasteiger partial charge in [-0.25, -0.2) is 4.79 Å². The third-order valence-corrected chi connectivity index (χ3v) is 1.59. The molecule has 0 aromatic heterocycles. The minimum absolute atomic E-state index is 0.121. The van der Waals surface area contributed by atoms with Gasteiger partial charge in [0.15, 0.2) is 0 Å². The van der Waals surface area contributed by atoms with Crippen LogP contribution in [0.5, 0.6) is 0 Å². The van der Waals surface area contributed by atoms with Crippen molar-refractivity contribution in [2.24, 2.45) is 0 Å². The summed E-state index contributed by atoms with van der Waals surface area (Å²) in [7, 11) is 0. The molecule has 0 fully saturated rings. The number of carbonyl (C=O) groups is 2. The molecule has 0 aliphatic heterocycles. The van der Waals surface area contributed by atoms with Gasteiger partial charge in [-0.15, -0.1) is 0 Å². The summed E-state index contributed by atoms with van der Waals surface area (Å²) in [5.74, 6) is -1.91. The third kappa shape index (κ3) is 4.61. The molecule has 5 heteroatoms. The number of aliphatic hydroxyl groups is 1. The fraction of sp³-hybridized carbons (Fsp3) is 0.556. The minimum atomic E-state index is -1.14. The molecule has 14 heavy (non-hydrogen) atoms. The van der Waals surface area contributed by atoms with Crippen molar-refractivity contribution in [2.75, 3.05) is 6.61 Å². The largest absolute Gasteiger partial charge is 0.481 e. The highest BCUT2D eigenvalue weighted by Crippen LogP contribution is 2.05. The number of carbonyl (C=O) groups excluding carboxylic acids is 1. The first-order valence-corrected chi connectivity index (χ1v) is 4.22. The number of esters is 1. The molecular weight excluding hydrogens is 188 g/mol. The maximum absolute atomic E-state index is 11.1. The lowest BCUT2D eigenvalue weighted by Crippen LogP contribution is -2.22. The van der Waals surface area contributed by atoms with Crippen LogP contribution in [0.4, 0.5) is 0 Å². The van der Waals surface area contributed by atoms with Gasteiger partial charge in [0.05, 0.1) is 13.0 Å². The van der Waals surface area contributed by atoms with Gasteiger partial charge in [0.2, 0.25) is 0 Å². The molecule has 0 saturated carbocycles. The van der Waals surface area contributed by atoms with Crippen molar-refractivity contribution < 1.29 is 24.5 Å². The Hall–Kier alpha value is -1.36. The molecule has 0 aromatic rings. The molecular formula is C9H14O5. The number of hydrogen-bond acceptors (Lipinski definition) is 4.